The number of carbonyl (C=O) groups excluding carboxylic acids is 1. The van der Waals surface area contributed by atoms with Crippen LogP contribution in [0, 0.1) is 45.1 Å². The van der Waals surface area contributed by atoms with Crippen LogP contribution in [0.15, 0.2) is 0 Å². The maximum atomic E-state index is 12.1. The van der Waals surface area contributed by atoms with E-state index in [0.717, 1.165) is 112 Å². The predicted molar refractivity (Wildman–Crippen MR) is 353 cm³/mol. The van der Waals surface area contributed by atoms with E-state index in [1.807, 2.05) is 0 Å². The fourth-order valence-electron chi connectivity index (χ4n) is 11.4. The number of amides is 1. The molecule has 1 aliphatic rings. The Bertz CT molecular complexity index is 1760. The van der Waals surface area contributed by atoms with Gasteiger partial charge in [0.15, 0.2) is 0 Å². The van der Waals surface area contributed by atoms with Crippen LogP contribution in [0.4, 0.5) is 0 Å². The normalized spacial score (nSPS) is 16.0. The van der Waals surface area contributed by atoms with E-state index in [1.54, 1.807) is 0 Å². The Morgan fingerprint density at radius 3 is 1.59 bits per heavy atom. The number of benzene rings is 1. The average Bonchev–Trinajstić information content (AvgIpc) is 3.59. The minimum absolute atomic E-state index is 0.120. The maximum absolute atomic E-state index is 12.1. The Labute approximate surface area is 505 Å². The number of nitrogens with zero attached hydrogens (tertiary/aromatic N) is 3. The second-order valence-electron chi connectivity index (χ2n) is 26.3. The molecular formula is C69H132N4O6P2. The number of fused-ring (bicyclic) bond motifs is 1. The molecular weight excluding hydrogens is 1040 g/mol. The van der Waals surface area contributed by atoms with E-state index >= 15 is 0 Å². The lowest BCUT2D eigenvalue weighted by Crippen LogP contribution is -2.37. The number of rotatable bonds is 48. The summed E-state index contributed by atoms with van der Waals surface area (Å²) in [6.45, 7) is 50.6. The summed E-state index contributed by atoms with van der Waals surface area (Å²) in [7, 11) is -2.33. The molecule has 0 bridgehead atoms. The van der Waals surface area contributed by atoms with E-state index in [-0.39, 0.29) is 23.6 Å². The zero-order valence-corrected chi connectivity index (χ0v) is 58.3. The Kier molecular flexibility index (Phi) is 44.6. The molecule has 1 aromatic carbocycles. The number of hydrogen-bond acceptors (Lipinski definition) is 8. The molecule has 81 heavy (non-hydrogen) atoms. The van der Waals surface area contributed by atoms with Crippen LogP contribution in [-0.4, -0.2) is 77.9 Å². The minimum atomic E-state index is -1.35. The summed E-state index contributed by atoms with van der Waals surface area (Å²) >= 11 is 0. The van der Waals surface area contributed by atoms with Gasteiger partial charge in [0.05, 0.1) is 13.2 Å². The minimum Gasteiger partial charge on any atom is -0.487 e. The quantitative estimate of drug-likeness (QED) is 0.0392. The van der Waals surface area contributed by atoms with E-state index in [1.165, 1.54) is 145 Å². The fourth-order valence-corrected chi connectivity index (χ4v) is 14.8. The molecule has 0 spiro atoms. The maximum Gasteiger partial charge on any atom is 0.321 e. The molecule has 1 aromatic rings. The highest BCUT2D eigenvalue weighted by atomic mass is 31.2. The average molecular weight is 1180 g/mol. The highest BCUT2D eigenvalue weighted by molar-refractivity contribution is 7.45. The number of nitrogens with one attached hydrogen (secondary N) is 1. The molecule has 10 nitrogen and oxygen atoms in total. The van der Waals surface area contributed by atoms with Gasteiger partial charge in [-0.15, -0.1) is 0 Å². The lowest BCUT2D eigenvalue weighted by Gasteiger charge is -2.39. The summed E-state index contributed by atoms with van der Waals surface area (Å²) in [5, 5.41) is 3.10. The standard InChI is InChI=1S/C38H67N2O3P.C31H65N2O3P/c1-27(2)17-14-18-30(7)19-15-20-31(8)21-16-23-38(12)24-22-35-34(11)36(32(9)33(10)37(35)42-38)43-44(41-26-25-39-13)40(28(3)4)29(5)6;1-7-9-10-11-12-13-14-15-16-17-18-19-22-25-31(34)32-26-23-20-21-24-28-36-37(35-27-8-2)33(29(3)4)30(5)6/h27-31H,14-26H2,1-12H3;29-30H,7-28H2,1-6H3,(H,32,34)/t30-,31-,38-,44?;/m1./s1. The molecule has 1 heterocycles. The summed E-state index contributed by atoms with van der Waals surface area (Å²) in [6, 6.07) is 1.35. The number of unbranched alkanes of at least 4 members (excludes halogenated alkanes) is 15. The third-order valence-corrected chi connectivity index (χ3v) is 20.6. The van der Waals surface area contributed by atoms with Crippen molar-refractivity contribution in [3.63, 3.8) is 0 Å². The van der Waals surface area contributed by atoms with Crippen molar-refractivity contribution in [3.05, 3.63) is 33.7 Å². The van der Waals surface area contributed by atoms with E-state index in [2.05, 4.69) is 144 Å². The van der Waals surface area contributed by atoms with Crippen LogP contribution in [-0.2, 0) is 24.8 Å². The van der Waals surface area contributed by atoms with E-state index in [0.29, 0.717) is 31.7 Å². The van der Waals surface area contributed by atoms with Gasteiger partial charge in [-0.3, -0.25) is 4.79 Å². The Morgan fingerprint density at radius 1 is 0.580 bits per heavy atom. The predicted octanol–water partition coefficient (Wildman–Crippen LogP) is 21.7. The second kappa shape index (κ2) is 46.6. The molecule has 0 fully saturated rings. The van der Waals surface area contributed by atoms with Gasteiger partial charge >= 0.3 is 8.53 Å². The molecule has 1 N–H and O–H groups in total. The summed E-state index contributed by atoms with van der Waals surface area (Å²) in [6.07, 6.45) is 37.4. The molecule has 474 valence electrons. The van der Waals surface area contributed by atoms with Gasteiger partial charge in [0.25, 0.3) is 8.53 Å². The Morgan fingerprint density at radius 2 is 1.06 bits per heavy atom. The summed E-state index contributed by atoms with van der Waals surface area (Å²) in [5.74, 6) is 4.71. The number of carbonyl (C=O) groups is 1. The van der Waals surface area contributed by atoms with Crippen LogP contribution in [0.1, 0.15) is 312 Å². The van der Waals surface area contributed by atoms with Gasteiger partial charge in [-0.2, -0.15) is 0 Å². The summed E-state index contributed by atoms with van der Waals surface area (Å²) < 4.78 is 36.8. The summed E-state index contributed by atoms with van der Waals surface area (Å²) in [4.78, 5) is 15.6. The molecule has 0 aromatic heterocycles. The molecule has 1 amide bonds. The van der Waals surface area contributed by atoms with Crippen molar-refractivity contribution in [1.29, 1.82) is 0 Å². The van der Waals surface area contributed by atoms with Gasteiger partial charge in [0.1, 0.15) is 23.7 Å². The molecule has 2 rings (SSSR count). The lowest BCUT2D eigenvalue weighted by atomic mass is 9.84. The number of ether oxygens (including phenoxy) is 1. The van der Waals surface area contributed by atoms with Crippen molar-refractivity contribution in [1.82, 2.24) is 14.7 Å². The molecule has 0 saturated carbocycles. The second-order valence-corrected chi connectivity index (χ2v) is 29.1. The largest absolute Gasteiger partial charge is 0.487 e. The first kappa shape index (κ1) is 77.5. The van der Waals surface area contributed by atoms with Crippen LogP contribution in [0.5, 0.6) is 11.5 Å². The molecule has 5 atom stereocenters. The Hall–Kier alpha value is -1.56. The summed E-state index contributed by atoms with van der Waals surface area (Å²) in [5.41, 5.74) is 4.65. The Balaban J connectivity index is 0.000000824. The van der Waals surface area contributed by atoms with Gasteiger partial charge in [-0.25, -0.2) is 15.9 Å². The molecule has 1 aliphatic heterocycles. The third-order valence-electron chi connectivity index (χ3n) is 16.4. The van der Waals surface area contributed by atoms with Crippen LogP contribution < -0.4 is 14.6 Å². The van der Waals surface area contributed by atoms with Gasteiger partial charge < -0.3 is 33.0 Å². The zero-order valence-electron chi connectivity index (χ0n) is 56.5. The highest BCUT2D eigenvalue weighted by Crippen LogP contribution is 2.52. The SMILES string of the molecule is CCCCCCCCCCCCCCCC(=O)NCCCCCCOP(OCCC)N(C(C)C)C(C)C.[C-]#[N+]CCOP(Oc1c(C)c(C)c2c(c1C)CC[C@@](C)(CCC[C@H](C)CCC[C@H](C)CCCC(C)C)O2)N(C(C)C)C(C)C. The van der Waals surface area contributed by atoms with Gasteiger partial charge in [-0.1, -0.05) is 176 Å². The fraction of sp³-hybridized carbons (Fsp3) is 0.884. The first-order valence-electron chi connectivity index (χ1n) is 33.8. The van der Waals surface area contributed by atoms with Gasteiger partial charge in [-0.05, 0) is 169 Å². The topological polar surface area (TPSA) is 86.1 Å². The van der Waals surface area contributed by atoms with E-state index in [9.17, 15) is 4.79 Å². The molecule has 0 radical (unpaired) electrons. The van der Waals surface area contributed by atoms with Crippen molar-refractivity contribution in [2.75, 3.05) is 32.9 Å². The zero-order chi connectivity index (χ0) is 60.6. The van der Waals surface area contributed by atoms with Crippen LogP contribution in [0.3, 0.4) is 0 Å². The molecule has 12 heteroatoms. The van der Waals surface area contributed by atoms with Gasteiger partial charge in [0, 0.05) is 42.7 Å². The first-order valence-corrected chi connectivity index (χ1v) is 36.0. The van der Waals surface area contributed by atoms with Gasteiger partial charge in [0.2, 0.25) is 12.5 Å². The van der Waals surface area contributed by atoms with E-state index < -0.39 is 17.1 Å². The van der Waals surface area contributed by atoms with Crippen molar-refractivity contribution in [3.8, 4) is 11.5 Å². The van der Waals surface area contributed by atoms with Crippen LogP contribution in [0.2, 0.25) is 0 Å². The highest BCUT2D eigenvalue weighted by Gasteiger charge is 2.37. The molecule has 0 aliphatic carbocycles. The first-order chi connectivity index (χ1) is 38.6. The monoisotopic (exact) mass is 1170 g/mol. The molecule has 0 saturated heterocycles. The smallest absolute Gasteiger partial charge is 0.321 e. The van der Waals surface area contributed by atoms with Crippen LogP contribution in [0.25, 0.3) is 4.85 Å². The van der Waals surface area contributed by atoms with Crippen molar-refractivity contribution >= 4 is 23.0 Å². The number of hydrogen-bond donors (Lipinski definition) is 1. The van der Waals surface area contributed by atoms with Crippen LogP contribution >= 0.6 is 17.1 Å². The lowest BCUT2D eigenvalue weighted by molar-refractivity contribution is -0.121. The third kappa shape index (κ3) is 34.4. The molecule has 2 unspecified atom stereocenters. The van der Waals surface area contributed by atoms with Crippen molar-refractivity contribution < 1.29 is 27.6 Å². The van der Waals surface area contributed by atoms with Crippen molar-refractivity contribution in [2.24, 2.45) is 17.8 Å². The van der Waals surface area contributed by atoms with E-state index in [4.69, 9.17) is 29.4 Å². The van der Waals surface area contributed by atoms with Crippen molar-refractivity contribution in [2.45, 2.75) is 347 Å².